The van der Waals surface area contributed by atoms with Crippen LogP contribution in [0.4, 0.5) is 0 Å². The van der Waals surface area contributed by atoms with E-state index in [4.69, 9.17) is 4.74 Å². The van der Waals surface area contributed by atoms with E-state index in [-0.39, 0.29) is 17.1 Å². The molecule has 0 radical (unpaired) electrons. The molecule has 0 unspecified atom stereocenters. The zero-order chi connectivity index (χ0) is 18.7. The van der Waals surface area contributed by atoms with E-state index in [1.54, 1.807) is 30.3 Å². The van der Waals surface area contributed by atoms with Gasteiger partial charge in [-0.15, -0.1) is 11.3 Å². The number of phenols is 1. The lowest BCUT2D eigenvalue weighted by atomic mass is 10.1. The summed E-state index contributed by atoms with van der Waals surface area (Å²) in [7, 11) is 1.47. The Morgan fingerprint density at radius 2 is 2.00 bits per heavy atom. The van der Waals surface area contributed by atoms with Crippen LogP contribution in [0.2, 0.25) is 0 Å². The fraction of sp³-hybridized carbons (Fsp3) is 0.100. The summed E-state index contributed by atoms with van der Waals surface area (Å²) in [5, 5.41) is 9.84. The number of phenolic OH excluding ortho intramolecular Hbond substituents is 1. The Morgan fingerprint density at radius 3 is 2.69 bits per heavy atom. The number of aromatic hydroxyl groups is 1. The van der Waals surface area contributed by atoms with Crippen LogP contribution in [0.25, 0.3) is 12.2 Å². The van der Waals surface area contributed by atoms with Crippen LogP contribution in [0.15, 0.2) is 47.3 Å². The fourth-order valence-corrected chi connectivity index (χ4v) is 3.40. The lowest BCUT2D eigenvalue weighted by Gasteiger charge is -2.02. The van der Waals surface area contributed by atoms with Crippen molar-refractivity contribution in [2.45, 2.75) is 6.92 Å². The number of methoxy groups -OCH3 is 1. The van der Waals surface area contributed by atoms with Gasteiger partial charge < -0.3 is 14.8 Å². The smallest absolute Gasteiger partial charge is 0.266 e. The highest BCUT2D eigenvalue weighted by Gasteiger charge is 2.06. The van der Waals surface area contributed by atoms with Crippen molar-refractivity contribution in [2.75, 3.05) is 7.11 Å². The first-order chi connectivity index (χ1) is 12.5. The highest BCUT2D eigenvalue weighted by Crippen LogP contribution is 2.26. The third-order valence-corrected chi connectivity index (χ3v) is 4.82. The fourth-order valence-electron chi connectivity index (χ4n) is 2.52. The minimum Gasteiger partial charge on any atom is -0.504 e. The molecule has 0 bridgehead atoms. The highest BCUT2D eigenvalue weighted by atomic mass is 32.1. The number of hydrogen-bond acceptors (Lipinski definition) is 5. The quantitative estimate of drug-likeness (QED) is 0.691. The van der Waals surface area contributed by atoms with Crippen molar-refractivity contribution in [3.63, 3.8) is 0 Å². The van der Waals surface area contributed by atoms with Crippen LogP contribution in [-0.2, 0) is 0 Å². The molecule has 2 aromatic carbocycles. The lowest BCUT2D eigenvalue weighted by Crippen LogP contribution is -2.20. The molecule has 5 nitrogen and oxygen atoms in total. The zero-order valence-electron chi connectivity index (χ0n) is 14.3. The third kappa shape index (κ3) is 3.75. The van der Waals surface area contributed by atoms with Crippen LogP contribution in [0.3, 0.4) is 0 Å². The molecule has 2 N–H and O–H groups in total. The number of Topliss-reactive ketones (excluding diaryl/α,β-unsaturated/α-hetero) is 1. The number of rotatable bonds is 4. The van der Waals surface area contributed by atoms with E-state index >= 15 is 0 Å². The van der Waals surface area contributed by atoms with Crippen molar-refractivity contribution in [3.8, 4) is 11.5 Å². The van der Waals surface area contributed by atoms with Gasteiger partial charge in [-0.25, -0.2) is 0 Å². The van der Waals surface area contributed by atoms with Gasteiger partial charge >= 0.3 is 0 Å². The summed E-state index contributed by atoms with van der Waals surface area (Å²) in [4.78, 5) is 27.2. The van der Waals surface area contributed by atoms with Gasteiger partial charge in [0, 0.05) is 11.6 Å². The van der Waals surface area contributed by atoms with E-state index in [2.05, 4.69) is 4.98 Å². The van der Waals surface area contributed by atoms with E-state index in [0.29, 0.717) is 26.1 Å². The molecule has 132 valence electrons. The number of H-pyrrole nitrogens is 1. The van der Waals surface area contributed by atoms with Crippen LogP contribution in [0.1, 0.15) is 21.5 Å². The predicted molar refractivity (Wildman–Crippen MR) is 102 cm³/mol. The molecule has 0 saturated heterocycles. The molecule has 0 spiro atoms. The Morgan fingerprint density at radius 1 is 1.23 bits per heavy atom. The van der Waals surface area contributed by atoms with Gasteiger partial charge in [-0.3, -0.25) is 9.59 Å². The molecule has 26 heavy (non-hydrogen) atoms. The second kappa shape index (κ2) is 7.41. The Labute approximate surface area is 153 Å². The van der Waals surface area contributed by atoms with Crippen molar-refractivity contribution in [3.05, 3.63) is 78.7 Å². The number of aromatic nitrogens is 1. The first kappa shape index (κ1) is 17.7. The summed E-state index contributed by atoms with van der Waals surface area (Å²) in [6.07, 6.45) is 3.08. The molecule has 6 heteroatoms. The van der Waals surface area contributed by atoms with Crippen LogP contribution in [-0.4, -0.2) is 23.0 Å². The molecule has 0 aliphatic carbocycles. The van der Waals surface area contributed by atoms with Crippen molar-refractivity contribution in [1.82, 2.24) is 4.98 Å². The standard InChI is InChI=1S/C20H17NO4S/c1-12-5-3-4-6-14(12)15(22)11-19-21-20(24)18(26-19)10-13-7-8-17(25-2)16(23)9-13/h3-11,23H,1-2H3,(H,21,24)/b18-10-,19-11-. The van der Waals surface area contributed by atoms with Crippen LogP contribution < -0.4 is 19.5 Å². The lowest BCUT2D eigenvalue weighted by molar-refractivity contribution is 0.106. The van der Waals surface area contributed by atoms with E-state index in [1.165, 1.54) is 30.6 Å². The van der Waals surface area contributed by atoms with Gasteiger partial charge in [-0.2, -0.15) is 0 Å². The number of nitrogens with one attached hydrogen (secondary N) is 1. The number of aryl methyl sites for hydroxylation is 1. The maximum Gasteiger partial charge on any atom is 0.266 e. The maximum atomic E-state index is 12.4. The topological polar surface area (TPSA) is 79.4 Å². The zero-order valence-corrected chi connectivity index (χ0v) is 15.1. The van der Waals surface area contributed by atoms with Gasteiger partial charge in [-0.1, -0.05) is 30.3 Å². The molecule has 0 saturated carbocycles. The number of thiazole rings is 1. The molecule has 0 fully saturated rings. The summed E-state index contributed by atoms with van der Waals surface area (Å²) in [5.74, 6) is 0.199. The minimum atomic E-state index is -0.283. The number of carbonyl (C=O) groups excluding carboxylic acids is 1. The number of benzene rings is 2. The number of ether oxygens (including phenoxy) is 1. The molecule has 0 amide bonds. The van der Waals surface area contributed by atoms with Crippen LogP contribution >= 0.6 is 11.3 Å². The molecule has 0 aliphatic heterocycles. The van der Waals surface area contributed by atoms with Gasteiger partial charge in [0.1, 0.15) is 0 Å². The summed E-state index contributed by atoms with van der Waals surface area (Å²) in [6, 6.07) is 12.2. The largest absolute Gasteiger partial charge is 0.504 e. The van der Waals surface area contributed by atoms with E-state index in [1.807, 2.05) is 19.1 Å². The molecule has 3 rings (SSSR count). The van der Waals surface area contributed by atoms with Crippen molar-refractivity contribution in [1.29, 1.82) is 0 Å². The normalized spacial score (nSPS) is 12.4. The number of aromatic amines is 1. The summed E-state index contributed by atoms with van der Waals surface area (Å²) < 4.78 is 5.92. The summed E-state index contributed by atoms with van der Waals surface area (Å²) in [5.41, 5.74) is 1.86. The van der Waals surface area contributed by atoms with E-state index in [9.17, 15) is 14.7 Å². The van der Waals surface area contributed by atoms with Gasteiger partial charge in [0.15, 0.2) is 17.3 Å². The molecule has 0 aliphatic rings. The molecular weight excluding hydrogens is 350 g/mol. The molecule has 3 aromatic rings. The SMILES string of the molecule is COc1ccc(/C=c2\s/c(=C\C(=O)c3ccccc3C)[nH]c2=O)cc1O. The molecule has 1 heterocycles. The average molecular weight is 367 g/mol. The van der Waals surface area contributed by atoms with E-state index in [0.717, 1.165) is 5.56 Å². The minimum absolute atomic E-state index is 0.00393. The van der Waals surface area contributed by atoms with Crippen LogP contribution in [0, 0.1) is 6.92 Å². The monoisotopic (exact) mass is 367 g/mol. The summed E-state index contributed by atoms with van der Waals surface area (Å²) >= 11 is 1.19. The van der Waals surface area contributed by atoms with Crippen molar-refractivity contribution >= 4 is 29.3 Å². The molecule has 1 aromatic heterocycles. The van der Waals surface area contributed by atoms with Gasteiger partial charge in [0.25, 0.3) is 5.56 Å². The Hall–Kier alpha value is -3.12. The van der Waals surface area contributed by atoms with E-state index < -0.39 is 0 Å². The van der Waals surface area contributed by atoms with Gasteiger partial charge in [-0.05, 0) is 36.3 Å². The molecular formula is C20H17NO4S. The average Bonchev–Trinajstić information content (AvgIpc) is 2.94. The first-order valence-corrected chi connectivity index (χ1v) is 8.69. The second-order valence-electron chi connectivity index (χ2n) is 5.68. The predicted octanol–water partition coefficient (Wildman–Crippen LogP) is 1.95. The van der Waals surface area contributed by atoms with Gasteiger partial charge in [0.2, 0.25) is 0 Å². The maximum absolute atomic E-state index is 12.4. The Kier molecular flexibility index (Phi) is 5.04. The molecule has 0 atom stereocenters. The van der Waals surface area contributed by atoms with Gasteiger partial charge in [0.05, 0.1) is 16.3 Å². The number of hydrogen-bond donors (Lipinski definition) is 2. The Balaban J connectivity index is 1.99. The Bertz CT molecular complexity index is 1140. The summed E-state index contributed by atoms with van der Waals surface area (Å²) in [6.45, 7) is 1.87. The number of carbonyl (C=O) groups is 1. The van der Waals surface area contributed by atoms with Crippen molar-refractivity contribution in [2.24, 2.45) is 0 Å². The first-order valence-electron chi connectivity index (χ1n) is 7.87. The highest BCUT2D eigenvalue weighted by molar-refractivity contribution is 7.07. The number of ketones is 1. The second-order valence-corrected chi connectivity index (χ2v) is 6.77. The van der Waals surface area contributed by atoms with Crippen LogP contribution in [0.5, 0.6) is 11.5 Å². The van der Waals surface area contributed by atoms with Crippen molar-refractivity contribution < 1.29 is 14.6 Å². The third-order valence-electron chi connectivity index (χ3n) is 3.85.